The number of carbonyl (C=O) groups is 1. The summed E-state index contributed by atoms with van der Waals surface area (Å²) in [7, 11) is 0. The van der Waals surface area contributed by atoms with E-state index in [1.807, 2.05) is 31.2 Å². The molecule has 0 radical (unpaired) electrons. The molecule has 0 fully saturated rings. The summed E-state index contributed by atoms with van der Waals surface area (Å²) in [5.41, 5.74) is 7.82. The number of benzene rings is 1. The number of hydrogen-bond donors (Lipinski definition) is 2. The topological polar surface area (TPSA) is 68.0 Å². The largest absolute Gasteiger partial charge is 0.316 e. The minimum Gasteiger partial charge on any atom is -0.316 e. The molecule has 0 saturated heterocycles. The second kappa shape index (κ2) is 5.42. The Balaban J connectivity index is 2.07. The lowest BCUT2D eigenvalue weighted by atomic mass is 10.1. The first-order valence-corrected chi connectivity index (χ1v) is 5.71. The molecule has 2 rings (SSSR count). The fourth-order valence-electron chi connectivity index (χ4n) is 1.57. The molecule has 1 amide bonds. The van der Waals surface area contributed by atoms with Crippen LogP contribution in [0.2, 0.25) is 0 Å². The molecule has 1 atom stereocenters. The Labute approximate surface area is 106 Å². The zero-order chi connectivity index (χ0) is 13.0. The fraction of sp³-hybridized carbons (Fsp3) is 0.143. The first kappa shape index (κ1) is 12.3. The van der Waals surface area contributed by atoms with Crippen LogP contribution >= 0.6 is 0 Å². The summed E-state index contributed by atoms with van der Waals surface area (Å²) in [6.45, 7) is 1.99. The SMILES string of the molecule is Cc1ccc(C(N)C(=O)Nc2ccccn2)cc1. The van der Waals surface area contributed by atoms with Crippen molar-refractivity contribution in [2.24, 2.45) is 5.73 Å². The highest BCUT2D eigenvalue weighted by molar-refractivity contribution is 5.94. The fourth-order valence-corrected chi connectivity index (χ4v) is 1.57. The van der Waals surface area contributed by atoms with Gasteiger partial charge in [-0.1, -0.05) is 35.9 Å². The summed E-state index contributed by atoms with van der Waals surface area (Å²) < 4.78 is 0. The van der Waals surface area contributed by atoms with Gasteiger partial charge in [0.2, 0.25) is 5.91 Å². The van der Waals surface area contributed by atoms with Crippen molar-refractivity contribution in [2.45, 2.75) is 13.0 Å². The van der Waals surface area contributed by atoms with Crippen molar-refractivity contribution < 1.29 is 4.79 Å². The molecule has 1 aromatic carbocycles. The van der Waals surface area contributed by atoms with Gasteiger partial charge in [0, 0.05) is 6.20 Å². The van der Waals surface area contributed by atoms with Crippen LogP contribution in [-0.4, -0.2) is 10.9 Å². The summed E-state index contributed by atoms with van der Waals surface area (Å²) in [6, 6.07) is 12.2. The van der Waals surface area contributed by atoms with E-state index in [-0.39, 0.29) is 5.91 Å². The van der Waals surface area contributed by atoms with Crippen LogP contribution in [0.4, 0.5) is 5.82 Å². The molecule has 3 N–H and O–H groups in total. The molecule has 0 bridgehead atoms. The van der Waals surface area contributed by atoms with Gasteiger partial charge in [-0.3, -0.25) is 4.79 Å². The van der Waals surface area contributed by atoms with Crippen LogP contribution in [0.3, 0.4) is 0 Å². The van der Waals surface area contributed by atoms with E-state index in [2.05, 4.69) is 10.3 Å². The standard InChI is InChI=1S/C14H15N3O/c1-10-5-7-11(8-6-10)13(15)14(18)17-12-4-2-3-9-16-12/h2-9,13H,15H2,1H3,(H,16,17,18). The zero-order valence-corrected chi connectivity index (χ0v) is 10.1. The van der Waals surface area contributed by atoms with Gasteiger partial charge in [0.15, 0.2) is 0 Å². The van der Waals surface area contributed by atoms with Gasteiger partial charge in [0.05, 0.1) is 0 Å². The number of pyridine rings is 1. The maximum absolute atomic E-state index is 11.9. The summed E-state index contributed by atoms with van der Waals surface area (Å²) in [5, 5.41) is 2.68. The minimum absolute atomic E-state index is 0.266. The quantitative estimate of drug-likeness (QED) is 0.864. The van der Waals surface area contributed by atoms with Crippen molar-refractivity contribution in [2.75, 3.05) is 5.32 Å². The van der Waals surface area contributed by atoms with Crippen LogP contribution < -0.4 is 11.1 Å². The van der Waals surface area contributed by atoms with Crippen molar-refractivity contribution in [3.8, 4) is 0 Å². The molecule has 92 valence electrons. The molecule has 1 aromatic heterocycles. The van der Waals surface area contributed by atoms with Gasteiger partial charge in [0.25, 0.3) is 0 Å². The second-order valence-corrected chi connectivity index (χ2v) is 4.09. The first-order valence-electron chi connectivity index (χ1n) is 5.71. The Kier molecular flexibility index (Phi) is 3.69. The van der Waals surface area contributed by atoms with E-state index < -0.39 is 6.04 Å². The maximum atomic E-state index is 11.9. The molecule has 4 nitrogen and oxygen atoms in total. The number of nitrogens with one attached hydrogen (secondary N) is 1. The van der Waals surface area contributed by atoms with Crippen LogP contribution in [-0.2, 0) is 4.79 Å². The van der Waals surface area contributed by atoms with Gasteiger partial charge in [-0.05, 0) is 24.6 Å². The third-order valence-electron chi connectivity index (χ3n) is 2.64. The van der Waals surface area contributed by atoms with Gasteiger partial charge in [-0.15, -0.1) is 0 Å². The van der Waals surface area contributed by atoms with Gasteiger partial charge in [0.1, 0.15) is 11.9 Å². The Morgan fingerprint density at radius 2 is 1.94 bits per heavy atom. The lowest BCUT2D eigenvalue weighted by Gasteiger charge is -2.12. The Morgan fingerprint density at radius 1 is 1.22 bits per heavy atom. The molecule has 1 unspecified atom stereocenters. The maximum Gasteiger partial charge on any atom is 0.247 e. The molecule has 0 aliphatic heterocycles. The van der Waals surface area contributed by atoms with Crippen LogP contribution in [0.5, 0.6) is 0 Å². The Bertz CT molecular complexity index is 522. The lowest BCUT2D eigenvalue weighted by molar-refractivity contribution is -0.117. The summed E-state index contributed by atoms with van der Waals surface area (Å²) in [6.07, 6.45) is 1.62. The van der Waals surface area contributed by atoms with Crippen molar-refractivity contribution in [3.05, 3.63) is 59.8 Å². The molecule has 1 heterocycles. The highest BCUT2D eigenvalue weighted by Gasteiger charge is 2.15. The number of hydrogen-bond acceptors (Lipinski definition) is 3. The lowest BCUT2D eigenvalue weighted by Crippen LogP contribution is -2.28. The molecular weight excluding hydrogens is 226 g/mol. The van der Waals surface area contributed by atoms with Crippen molar-refractivity contribution in [1.82, 2.24) is 4.98 Å². The van der Waals surface area contributed by atoms with E-state index >= 15 is 0 Å². The number of carbonyl (C=O) groups excluding carboxylic acids is 1. The monoisotopic (exact) mass is 241 g/mol. The van der Waals surface area contributed by atoms with Gasteiger partial charge < -0.3 is 11.1 Å². The summed E-state index contributed by atoms with van der Waals surface area (Å²) >= 11 is 0. The van der Waals surface area contributed by atoms with Crippen LogP contribution in [0, 0.1) is 6.92 Å². The van der Waals surface area contributed by atoms with Crippen molar-refractivity contribution >= 4 is 11.7 Å². The Morgan fingerprint density at radius 3 is 2.56 bits per heavy atom. The van der Waals surface area contributed by atoms with Gasteiger partial charge >= 0.3 is 0 Å². The van der Waals surface area contributed by atoms with Crippen LogP contribution in [0.15, 0.2) is 48.7 Å². The molecule has 0 aliphatic rings. The predicted molar refractivity (Wildman–Crippen MR) is 71.0 cm³/mol. The molecule has 0 saturated carbocycles. The van der Waals surface area contributed by atoms with Gasteiger partial charge in [-0.25, -0.2) is 4.98 Å². The van der Waals surface area contributed by atoms with E-state index in [4.69, 9.17) is 5.73 Å². The molecule has 4 heteroatoms. The normalized spacial score (nSPS) is 11.9. The number of aryl methyl sites for hydroxylation is 1. The average molecular weight is 241 g/mol. The Hall–Kier alpha value is -2.20. The van der Waals surface area contributed by atoms with Crippen LogP contribution in [0.1, 0.15) is 17.2 Å². The third kappa shape index (κ3) is 2.93. The number of anilines is 1. The highest BCUT2D eigenvalue weighted by Crippen LogP contribution is 2.13. The van der Waals surface area contributed by atoms with E-state index in [1.54, 1.807) is 24.4 Å². The molecule has 0 aliphatic carbocycles. The summed E-state index contributed by atoms with van der Waals surface area (Å²) in [4.78, 5) is 15.9. The number of aromatic nitrogens is 1. The molecule has 2 aromatic rings. The smallest absolute Gasteiger partial charge is 0.247 e. The van der Waals surface area contributed by atoms with E-state index in [1.165, 1.54) is 0 Å². The average Bonchev–Trinajstić information content (AvgIpc) is 2.40. The highest BCUT2D eigenvalue weighted by atomic mass is 16.2. The zero-order valence-electron chi connectivity index (χ0n) is 10.1. The van der Waals surface area contributed by atoms with Crippen molar-refractivity contribution in [1.29, 1.82) is 0 Å². The van der Waals surface area contributed by atoms with E-state index in [9.17, 15) is 4.79 Å². The van der Waals surface area contributed by atoms with E-state index in [0.29, 0.717) is 5.82 Å². The molecule has 0 spiro atoms. The summed E-state index contributed by atoms with van der Waals surface area (Å²) in [5.74, 6) is 0.239. The van der Waals surface area contributed by atoms with Gasteiger partial charge in [-0.2, -0.15) is 0 Å². The van der Waals surface area contributed by atoms with Crippen molar-refractivity contribution in [3.63, 3.8) is 0 Å². The first-order chi connectivity index (χ1) is 8.66. The second-order valence-electron chi connectivity index (χ2n) is 4.09. The number of amides is 1. The number of rotatable bonds is 3. The third-order valence-corrected chi connectivity index (χ3v) is 2.64. The van der Waals surface area contributed by atoms with E-state index in [0.717, 1.165) is 11.1 Å². The molecule has 18 heavy (non-hydrogen) atoms. The number of nitrogens with two attached hydrogens (primary N) is 1. The molecular formula is C14H15N3O. The number of nitrogens with zero attached hydrogens (tertiary/aromatic N) is 1. The predicted octanol–water partition coefficient (Wildman–Crippen LogP) is 2.03. The van der Waals surface area contributed by atoms with Crippen LogP contribution in [0.25, 0.3) is 0 Å². The minimum atomic E-state index is -0.687.